The number of nitrogens with zero attached hydrogens (tertiary/aromatic N) is 3. The van der Waals surface area contributed by atoms with Crippen LogP contribution in [0.2, 0.25) is 0 Å². The van der Waals surface area contributed by atoms with Gasteiger partial charge in [-0.15, -0.1) is 11.8 Å². The Bertz CT molecular complexity index is 697. The molecule has 0 radical (unpaired) electrons. The summed E-state index contributed by atoms with van der Waals surface area (Å²) in [5.41, 5.74) is 1.44. The molecule has 1 aromatic heterocycles. The molecule has 1 N–H and O–H groups in total. The van der Waals surface area contributed by atoms with Crippen molar-refractivity contribution in [2.75, 3.05) is 5.75 Å². The number of carboxylic acids is 1. The topological polar surface area (TPSA) is 75.4 Å². The third kappa shape index (κ3) is 2.29. The van der Waals surface area contributed by atoms with Crippen LogP contribution < -0.4 is 29.6 Å². The van der Waals surface area contributed by atoms with E-state index in [0.29, 0.717) is 5.57 Å². The van der Waals surface area contributed by atoms with Gasteiger partial charge in [0.25, 0.3) is 5.91 Å². The Morgan fingerprint density at radius 3 is 3.10 bits per heavy atom. The zero-order chi connectivity index (χ0) is 13.9. The Hall–Kier alpha value is -0.670. The summed E-state index contributed by atoms with van der Waals surface area (Å²) >= 11 is 3.04. The molecule has 21 heavy (non-hydrogen) atoms. The van der Waals surface area contributed by atoms with E-state index in [4.69, 9.17) is 5.11 Å². The summed E-state index contributed by atoms with van der Waals surface area (Å²) < 4.78 is 2.07. The van der Waals surface area contributed by atoms with Gasteiger partial charge in [-0.3, -0.25) is 9.69 Å². The Labute approximate surface area is 152 Å². The van der Waals surface area contributed by atoms with E-state index >= 15 is 0 Å². The number of aromatic nitrogens is 2. The maximum atomic E-state index is 12.0. The van der Waals surface area contributed by atoms with Gasteiger partial charge < -0.3 is 11.1 Å². The van der Waals surface area contributed by atoms with E-state index in [1.165, 1.54) is 22.1 Å². The van der Waals surface area contributed by atoms with Gasteiger partial charge in [0.05, 0.1) is 11.3 Å². The van der Waals surface area contributed by atoms with E-state index in [1.54, 1.807) is 17.8 Å². The molecular weight excluding hydrogens is 321 g/mol. The minimum absolute atomic E-state index is 0. The van der Waals surface area contributed by atoms with Gasteiger partial charge in [-0.05, 0) is 6.08 Å². The molecule has 0 spiro atoms. The number of amides is 1. The molecule has 0 aromatic carbocycles. The monoisotopic (exact) mass is 331 g/mol. The first-order valence-electron chi connectivity index (χ1n) is 5.99. The van der Waals surface area contributed by atoms with Gasteiger partial charge in [-0.2, -0.15) is 0 Å². The van der Waals surface area contributed by atoms with Crippen LogP contribution in [0.15, 0.2) is 28.0 Å². The van der Waals surface area contributed by atoms with Gasteiger partial charge in [-0.1, -0.05) is 11.8 Å². The van der Waals surface area contributed by atoms with Crippen molar-refractivity contribution >= 4 is 41.5 Å². The molecule has 4 rings (SSSR count). The second kappa shape index (κ2) is 5.51. The van der Waals surface area contributed by atoms with Crippen molar-refractivity contribution in [3.8, 4) is 0 Å². The minimum atomic E-state index is -1.07. The number of hydrogen-bond acceptors (Lipinski definition) is 5. The summed E-state index contributed by atoms with van der Waals surface area (Å²) in [5, 5.41) is 11.3. The number of carbonyl (C=O) groups is 2. The van der Waals surface area contributed by atoms with Crippen LogP contribution >= 0.6 is 23.5 Å². The van der Waals surface area contributed by atoms with Crippen LogP contribution in [0, 0.1) is 0 Å². The number of aryl methyl sites for hydroxylation is 1. The number of hydrogen-bond donors (Lipinski definition) is 1. The third-order valence-corrected chi connectivity index (χ3v) is 5.43. The Kier molecular flexibility index (Phi) is 4.00. The predicted molar refractivity (Wildman–Crippen MR) is 76.0 cm³/mol. The van der Waals surface area contributed by atoms with Crippen molar-refractivity contribution in [3.05, 3.63) is 28.6 Å². The van der Waals surface area contributed by atoms with Crippen molar-refractivity contribution in [2.24, 2.45) is 0 Å². The fraction of sp³-hybridized carbons (Fsp3) is 0.250. The van der Waals surface area contributed by atoms with E-state index in [2.05, 4.69) is 9.55 Å². The Morgan fingerprint density at radius 2 is 2.38 bits per heavy atom. The summed E-state index contributed by atoms with van der Waals surface area (Å²) in [6.07, 6.45) is 3.70. The first-order valence-corrected chi connectivity index (χ1v) is 7.92. The van der Waals surface area contributed by atoms with Gasteiger partial charge in [0.2, 0.25) is 0 Å². The molecule has 3 aliphatic heterocycles. The fourth-order valence-electron chi connectivity index (χ4n) is 2.42. The molecule has 104 valence electrons. The summed E-state index contributed by atoms with van der Waals surface area (Å²) in [4.78, 5) is 28.8. The third-order valence-electron chi connectivity index (χ3n) is 3.38. The summed E-state index contributed by atoms with van der Waals surface area (Å²) in [7, 11) is 0. The smallest absolute Gasteiger partial charge is 1.00 e. The Morgan fingerprint density at radius 1 is 1.57 bits per heavy atom. The number of rotatable bonds is 2. The quantitative estimate of drug-likeness (QED) is 0.397. The molecule has 3 aliphatic rings. The maximum absolute atomic E-state index is 12.0. The fourth-order valence-corrected chi connectivity index (χ4v) is 4.49. The van der Waals surface area contributed by atoms with Gasteiger partial charge in [0, 0.05) is 23.9 Å². The molecule has 4 heterocycles. The van der Waals surface area contributed by atoms with E-state index in [1.807, 2.05) is 6.20 Å². The zero-order valence-electron chi connectivity index (χ0n) is 12.1. The molecule has 1 amide bonds. The normalized spacial score (nSPS) is 24.3. The molecule has 1 fully saturated rings. The van der Waals surface area contributed by atoms with E-state index < -0.39 is 5.97 Å². The zero-order valence-corrected chi connectivity index (χ0v) is 14.8. The average Bonchev–Trinajstić information content (AvgIpc) is 3.07. The first-order chi connectivity index (χ1) is 9.65. The van der Waals surface area contributed by atoms with Gasteiger partial charge in [0.1, 0.15) is 11.1 Å². The molecule has 0 aliphatic carbocycles. The first kappa shape index (κ1) is 15.2. The second-order valence-electron chi connectivity index (χ2n) is 4.56. The molecule has 1 saturated heterocycles. The molecule has 6 nitrogen and oxygen atoms in total. The molecule has 1 atom stereocenters. The van der Waals surface area contributed by atoms with Crippen LogP contribution in [0.1, 0.15) is 7.12 Å². The molecule has 9 heteroatoms. The Balaban J connectivity index is 0.000000882. The van der Waals surface area contributed by atoms with Crippen molar-refractivity contribution in [1.82, 2.24) is 14.5 Å². The number of imidazole rings is 1. The van der Waals surface area contributed by atoms with E-state index in [9.17, 15) is 9.59 Å². The van der Waals surface area contributed by atoms with Crippen molar-refractivity contribution in [2.45, 2.75) is 17.1 Å². The van der Waals surface area contributed by atoms with E-state index in [-0.39, 0.29) is 48.0 Å². The van der Waals surface area contributed by atoms with Gasteiger partial charge in [-0.25, -0.2) is 9.78 Å². The van der Waals surface area contributed by atoms with E-state index in [0.717, 1.165) is 23.1 Å². The van der Waals surface area contributed by atoms with Crippen molar-refractivity contribution in [3.63, 3.8) is 0 Å². The molecule has 0 saturated carbocycles. The standard InChI is InChI=1S/C12H9N3O3S2.Na.H/c16-9-7(10-15(9)8(5-20-10)11(17)18)3-6-4-14-1-2-19-12(14)13-6;;/h3-5,10H,1-2H2,(H,17,18);;/q;+1;-1. The predicted octanol–water partition coefficient (Wildman–Crippen LogP) is -1.67. The average molecular weight is 331 g/mol. The van der Waals surface area contributed by atoms with Crippen LogP contribution in [0.25, 0.3) is 6.08 Å². The number of carboxylic acid groups (broad SMARTS) is 1. The number of aliphatic carboxylic acids is 1. The van der Waals surface area contributed by atoms with Crippen LogP contribution in [0.4, 0.5) is 0 Å². The van der Waals surface area contributed by atoms with Crippen molar-refractivity contribution in [1.29, 1.82) is 0 Å². The second-order valence-corrected chi connectivity index (χ2v) is 6.58. The summed E-state index contributed by atoms with van der Waals surface area (Å²) in [5.74, 6) is -0.268. The van der Waals surface area contributed by atoms with Crippen LogP contribution in [0.5, 0.6) is 0 Å². The molecular formula is C12H10N3NaO3S2. The van der Waals surface area contributed by atoms with Gasteiger partial charge in [0.15, 0.2) is 5.16 Å². The molecule has 0 bridgehead atoms. The van der Waals surface area contributed by atoms with Crippen molar-refractivity contribution < 1.29 is 45.7 Å². The van der Waals surface area contributed by atoms with Gasteiger partial charge >= 0.3 is 35.5 Å². The van der Waals surface area contributed by atoms with Crippen LogP contribution in [-0.4, -0.2) is 42.6 Å². The summed E-state index contributed by atoms with van der Waals surface area (Å²) in [6, 6.07) is 0. The maximum Gasteiger partial charge on any atom is 1.00 e. The van der Waals surface area contributed by atoms with Crippen LogP contribution in [0.3, 0.4) is 0 Å². The van der Waals surface area contributed by atoms with Crippen LogP contribution in [-0.2, 0) is 16.1 Å². The number of thioether (sulfide) groups is 2. The number of β-lactam (4-membered cyclic amide) rings is 1. The number of carbonyl (C=O) groups excluding carboxylic acids is 1. The molecule has 1 aromatic rings. The summed E-state index contributed by atoms with van der Waals surface area (Å²) in [6.45, 7) is 0.944. The number of fused-ring (bicyclic) bond motifs is 2. The largest absolute Gasteiger partial charge is 1.00 e. The molecule has 1 unspecified atom stereocenters. The SMILES string of the molecule is O=C(O)C1=CSC2C(=Cc3cn4c(n3)SCC4)C(=O)N12.[H-].[Na+]. The minimum Gasteiger partial charge on any atom is -1.00 e.